The number of aryl methyl sites for hydroxylation is 1. The highest BCUT2D eigenvalue weighted by Crippen LogP contribution is 2.41. The number of carbonyl (C=O) groups is 1. The van der Waals surface area contributed by atoms with E-state index in [1.165, 1.54) is 0 Å². The van der Waals surface area contributed by atoms with Crippen molar-refractivity contribution in [3.05, 3.63) is 36.3 Å². The van der Waals surface area contributed by atoms with Gasteiger partial charge in [0.05, 0.1) is 11.6 Å². The number of anilines is 1. The first kappa shape index (κ1) is 17.8. The molecule has 3 aromatic rings. The van der Waals surface area contributed by atoms with Crippen molar-refractivity contribution in [2.24, 2.45) is 5.92 Å². The van der Waals surface area contributed by atoms with Gasteiger partial charge in [0.25, 0.3) is 0 Å². The quantitative estimate of drug-likeness (QED) is 0.724. The maximum Gasteiger partial charge on any atom is 0.229 e. The Morgan fingerprint density at radius 3 is 2.60 bits per heavy atom. The van der Waals surface area contributed by atoms with Crippen molar-refractivity contribution in [1.82, 2.24) is 24.8 Å². The Kier molecular flexibility index (Phi) is 3.85. The largest absolute Gasteiger partial charge is 0.366 e. The van der Waals surface area contributed by atoms with Gasteiger partial charge in [-0.1, -0.05) is 0 Å². The number of pyridine rings is 2. The maximum atomic E-state index is 13.5. The summed E-state index contributed by atoms with van der Waals surface area (Å²) in [5, 5.41) is 0. The molecule has 5 heterocycles. The molecule has 6 rings (SSSR count). The van der Waals surface area contributed by atoms with E-state index in [0.29, 0.717) is 12.1 Å². The molecule has 2 saturated heterocycles. The number of carbonyl (C=O) groups excluding carboxylic acids is 1. The second kappa shape index (κ2) is 6.48. The average molecular weight is 406 g/mol. The van der Waals surface area contributed by atoms with E-state index in [1.807, 2.05) is 36.2 Å². The Morgan fingerprint density at radius 2 is 1.93 bits per heavy atom. The molecule has 1 amide bonds. The highest BCUT2D eigenvalue weighted by molar-refractivity contribution is 5.89. The number of H-pyrrole nitrogens is 1. The predicted molar refractivity (Wildman–Crippen MR) is 111 cm³/mol. The number of aromatic nitrogens is 4. The summed E-state index contributed by atoms with van der Waals surface area (Å²) in [7, 11) is 0. The minimum absolute atomic E-state index is 0.0187. The number of nitrogens with zero attached hydrogens (tertiary/aromatic N) is 5. The number of imidazole rings is 1. The summed E-state index contributed by atoms with van der Waals surface area (Å²) in [5.74, 6) is 0.368. The number of nitrogens with one attached hydrogen (secondary N) is 1. The zero-order valence-corrected chi connectivity index (χ0v) is 16.8. The molecule has 0 spiro atoms. The van der Waals surface area contributed by atoms with Crippen LogP contribution in [0.25, 0.3) is 22.6 Å². The van der Waals surface area contributed by atoms with Gasteiger partial charge in [0, 0.05) is 48.8 Å². The summed E-state index contributed by atoms with van der Waals surface area (Å²) in [6.07, 6.45) is 5.02. The molecule has 2 bridgehead atoms. The molecule has 1 aliphatic carbocycles. The van der Waals surface area contributed by atoms with Gasteiger partial charge in [0.1, 0.15) is 17.5 Å². The number of alkyl halides is 1. The van der Waals surface area contributed by atoms with E-state index in [1.54, 1.807) is 6.20 Å². The Labute approximate surface area is 173 Å². The summed E-state index contributed by atoms with van der Waals surface area (Å²) in [6.45, 7) is 3.47. The molecule has 3 aromatic heterocycles. The van der Waals surface area contributed by atoms with E-state index in [0.717, 1.165) is 54.2 Å². The number of halogens is 1. The van der Waals surface area contributed by atoms with Crippen LogP contribution in [0.1, 0.15) is 25.0 Å². The van der Waals surface area contributed by atoms with Crippen molar-refractivity contribution in [2.45, 2.75) is 44.4 Å². The molecule has 1 saturated carbocycles. The highest BCUT2D eigenvalue weighted by atomic mass is 19.1. The number of aromatic amines is 1. The average Bonchev–Trinajstić information content (AvgIpc) is 3.21. The van der Waals surface area contributed by atoms with Gasteiger partial charge in [-0.05, 0) is 44.4 Å². The summed E-state index contributed by atoms with van der Waals surface area (Å²) < 4.78 is 13.5. The fourth-order valence-corrected chi connectivity index (χ4v) is 4.98. The van der Waals surface area contributed by atoms with Gasteiger partial charge in [-0.15, -0.1) is 0 Å². The molecule has 1 N–H and O–H groups in total. The molecule has 3 fully saturated rings. The van der Waals surface area contributed by atoms with Crippen molar-refractivity contribution in [2.75, 3.05) is 18.0 Å². The number of hydrogen-bond donors (Lipinski definition) is 1. The monoisotopic (exact) mass is 406 g/mol. The van der Waals surface area contributed by atoms with Crippen LogP contribution >= 0.6 is 0 Å². The Morgan fingerprint density at radius 1 is 1.17 bits per heavy atom. The lowest BCUT2D eigenvalue weighted by Gasteiger charge is -2.42. The normalized spacial score (nSPS) is 27.7. The van der Waals surface area contributed by atoms with Crippen molar-refractivity contribution in [3.63, 3.8) is 0 Å². The van der Waals surface area contributed by atoms with Crippen molar-refractivity contribution in [3.8, 4) is 11.4 Å². The standard InChI is InChI=1S/C22H23FN6O/c1-12-2-3-13(9-25-12)20-26-19-18(6-7-24-21(19)27-20)28-10-14-4-5-15(11-28)29(14)22(30)16-8-17(16)23/h2-3,6-7,9,14-17H,4-5,8,10-11H2,1H3,(H,24,26,27)/t14?,15?,16-,17-/m1/s1. The molecule has 30 heavy (non-hydrogen) atoms. The number of rotatable bonds is 3. The molecule has 3 aliphatic rings. The van der Waals surface area contributed by atoms with Crippen molar-refractivity contribution in [1.29, 1.82) is 0 Å². The van der Waals surface area contributed by atoms with Crippen LogP contribution in [0.15, 0.2) is 30.6 Å². The van der Waals surface area contributed by atoms with E-state index in [2.05, 4.69) is 24.8 Å². The third-order valence-corrected chi connectivity index (χ3v) is 6.66. The molecular weight excluding hydrogens is 383 g/mol. The van der Waals surface area contributed by atoms with Gasteiger partial charge in [-0.25, -0.2) is 14.4 Å². The second-order valence-electron chi connectivity index (χ2n) is 8.70. The minimum Gasteiger partial charge on any atom is -0.366 e. The minimum atomic E-state index is -0.936. The number of fused-ring (bicyclic) bond motifs is 3. The molecule has 0 radical (unpaired) electrons. The van der Waals surface area contributed by atoms with Crippen LogP contribution in [-0.4, -0.2) is 62.1 Å². The molecule has 2 unspecified atom stereocenters. The van der Waals surface area contributed by atoms with Gasteiger partial charge in [0.15, 0.2) is 5.65 Å². The molecule has 154 valence electrons. The molecule has 8 heteroatoms. The molecule has 2 aliphatic heterocycles. The van der Waals surface area contributed by atoms with Gasteiger partial charge >= 0.3 is 0 Å². The fraction of sp³-hybridized carbons (Fsp3) is 0.455. The molecular formula is C22H23FN6O. The van der Waals surface area contributed by atoms with E-state index in [9.17, 15) is 9.18 Å². The second-order valence-corrected chi connectivity index (χ2v) is 8.70. The first-order valence-electron chi connectivity index (χ1n) is 10.6. The van der Waals surface area contributed by atoms with Gasteiger partial charge in [0.2, 0.25) is 5.91 Å². The van der Waals surface area contributed by atoms with Crippen LogP contribution in [0.3, 0.4) is 0 Å². The number of hydrogen-bond acceptors (Lipinski definition) is 5. The zero-order valence-electron chi connectivity index (χ0n) is 16.8. The Hall–Kier alpha value is -3.03. The lowest BCUT2D eigenvalue weighted by molar-refractivity contribution is -0.136. The predicted octanol–water partition coefficient (Wildman–Crippen LogP) is 2.87. The van der Waals surface area contributed by atoms with E-state index in [-0.39, 0.29) is 18.0 Å². The lowest BCUT2D eigenvalue weighted by Crippen LogP contribution is -2.56. The highest BCUT2D eigenvalue weighted by Gasteiger charge is 2.51. The summed E-state index contributed by atoms with van der Waals surface area (Å²) >= 11 is 0. The number of piperazine rings is 1. The van der Waals surface area contributed by atoms with E-state index >= 15 is 0 Å². The fourth-order valence-electron chi connectivity index (χ4n) is 4.98. The Balaban J connectivity index is 1.30. The van der Waals surface area contributed by atoms with Crippen LogP contribution < -0.4 is 4.90 Å². The van der Waals surface area contributed by atoms with Crippen LogP contribution in [0.4, 0.5) is 10.1 Å². The van der Waals surface area contributed by atoms with E-state index < -0.39 is 12.1 Å². The van der Waals surface area contributed by atoms with Crippen molar-refractivity contribution >= 4 is 22.8 Å². The first-order valence-corrected chi connectivity index (χ1v) is 10.6. The SMILES string of the molecule is Cc1ccc(-c2nc3nccc(N4CC5CCC(C4)N5C(=O)[C@@H]4C[C@H]4F)c3[nH]2)cn1. The third kappa shape index (κ3) is 2.77. The lowest BCUT2D eigenvalue weighted by atomic mass is 10.1. The molecule has 0 aromatic carbocycles. The maximum absolute atomic E-state index is 13.5. The summed E-state index contributed by atoms with van der Waals surface area (Å²) in [4.78, 5) is 33.9. The Bertz CT molecular complexity index is 1110. The van der Waals surface area contributed by atoms with Crippen LogP contribution in [0.2, 0.25) is 0 Å². The number of amides is 1. The van der Waals surface area contributed by atoms with Crippen LogP contribution in [0.5, 0.6) is 0 Å². The van der Waals surface area contributed by atoms with E-state index in [4.69, 9.17) is 0 Å². The van der Waals surface area contributed by atoms with Gasteiger partial charge in [-0.3, -0.25) is 9.78 Å². The smallest absolute Gasteiger partial charge is 0.229 e. The first-order chi connectivity index (χ1) is 14.6. The van der Waals surface area contributed by atoms with Crippen LogP contribution in [-0.2, 0) is 4.79 Å². The summed E-state index contributed by atoms with van der Waals surface area (Å²) in [5.41, 5.74) is 4.51. The van der Waals surface area contributed by atoms with Gasteiger partial charge in [-0.2, -0.15) is 0 Å². The topological polar surface area (TPSA) is 78.0 Å². The van der Waals surface area contributed by atoms with Crippen LogP contribution in [0, 0.1) is 12.8 Å². The molecule has 7 nitrogen and oxygen atoms in total. The zero-order chi connectivity index (χ0) is 20.4. The third-order valence-electron chi connectivity index (χ3n) is 6.66. The summed E-state index contributed by atoms with van der Waals surface area (Å²) in [6, 6.07) is 6.27. The molecule has 4 atom stereocenters. The van der Waals surface area contributed by atoms with Crippen molar-refractivity contribution < 1.29 is 9.18 Å². The van der Waals surface area contributed by atoms with Gasteiger partial charge < -0.3 is 14.8 Å².